The summed E-state index contributed by atoms with van der Waals surface area (Å²) in [6.45, 7) is 5.25. The lowest BCUT2D eigenvalue weighted by atomic mass is 10.2. The van der Waals surface area contributed by atoms with Crippen molar-refractivity contribution >= 4 is 0 Å². The van der Waals surface area contributed by atoms with Gasteiger partial charge in [-0.3, -0.25) is 0 Å². The van der Waals surface area contributed by atoms with E-state index in [9.17, 15) is 4.39 Å². The van der Waals surface area contributed by atoms with Crippen LogP contribution in [-0.2, 0) is 0 Å². The molecule has 66 valence electrons. The van der Waals surface area contributed by atoms with E-state index in [2.05, 4.69) is 19.2 Å². The Labute approximate surface area is 68.4 Å². The van der Waals surface area contributed by atoms with E-state index < -0.39 is 6.17 Å². The molecule has 1 saturated carbocycles. The Morgan fingerprint density at radius 1 is 1.45 bits per heavy atom. The topological polar surface area (TPSA) is 12.0 Å². The predicted molar refractivity (Wildman–Crippen MR) is 45.4 cm³/mol. The van der Waals surface area contributed by atoms with Crippen molar-refractivity contribution in [3.63, 3.8) is 0 Å². The Morgan fingerprint density at radius 2 is 2.18 bits per heavy atom. The molecular formula is C9H18FN. The lowest BCUT2D eigenvalue weighted by Gasteiger charge is -2.16. The van der Waals surface area contributed by atoms with Gasteiger partial charge in [0.1, 0.15) is 6.17 Å². The summed E-state index contributed by atoms with van der Waals surface area (Å²) in [5.74, 6) is 0.628. The summed E-state index contributed by atoms with van der Waals surface area (Å²) < 4.78 is 13.0. The lowest BCUT2D eigenvalue weighted by molar-refractivity contribution is 0.274. The summed E-state index contributed by atoms with van der Waals surface area (Å²) in [5, 5.41) is 3.26. The summed E-state index contributed by atoms with van der Waals surface area (Å²) in [4.78, 5) is 0. The van der Waals surface area contributed by atoms with Crippen LogP contribution in [0.5, 0.6) is 0 Å². The van der Waals surface area contributed by atoms with E-state index in [0.717, 1.165) is 25.8 Å². The van der Waals surface area contributed by atoms with Gasteiger partial charge in [-0.2, -0.15) is 0 Å². The molecule has 0 spiro atoms. The monoisotopic (exact) mass is 159 g/mol. The molecule has 0 heterocycles. The Kier molecular flexibility index (Phi) is 3.31. The molecule has 1 aliphatic carbocycles. The average molecular weight is 159 g/mol. The van der Waals surface area contributed by atoms with Gasteiger partial charge in [0.25, 0.3) is 0 Å². The fourth-order valence-electron chi connectivity index (χ4n) is 1.53. The highest BCUT2D eigenvalue weighted by Gasteiger charge is 2.25. The van der Waals surface area contributed by atoms with E-state index >= 15 is 0 Å². The summed E-state index contributed by atoms with van der Waals surface area (Å²) in [7, 11) is 0. The van der Waals surface area contributed by atoms with Crippen molar-refractivity contribution in [3.05, 3.63) is 0 Å². The largest absolute Gasteiger partial charge is 0.311 e. The molecule has 1 N–H and O–H groups in total. The summed E-state index contributed by atoms with van der Waals surface area (Å²) >= 11 is 0. The van der Waals surface area contributed by atoms with Crippen molar-refractivity contribution in [1.29, 1.82) is 0 Å². The molecule has 0 saturated heterocycles. The number of hydrogen-bond donors (Lipinski definition) is 1. The van der Waals surface area contributed by atoms with E-state index in [1.165, 1.54) is 0 Å². The maximum atomic E-state index is 13.0. The molecule has 11 heavy (non-hydrogen) atoms. The van der Waals surface area contributed by atoms with Crippen molar-refractivity contribution in [3.8, 4) is 0 Å². The number of halogens is 1. The Bertz CT molecular complexity index is 114. The number of hydrogen-bond acceptors (Lipinski definition) is 1. The third kappa shape index (κ3) is 2.78. The van der Waals surface area contributed by atoms with Crippen LogP contribution in [0.3, 0.4) is 0 Å². The second-order valence-corrected chi connectivity index (χ2v) is 3.86. The van der Waals surface area contributed by atoms with E-state index in [1.807, 2.05) is 0 Å². The van der Waals surface area contributed by atoms with Gasteiger partial charge in [0, 0.05) is 6.04 Å². The highest BCUT2D eigenvalue weighted by molar-refractivity contribution is 4.82. The number of alkyl halides is 1. The van der Waals surface area contributed by atoms with Gasteiger partial charge in [-0.15, -0.1) is 0 Å². The van der Waals surface area contributed by atoms with Crippen LogP contribution in [0.1, 0.15) is 33.1 Å². The summed E-state index contributed by atoms with van der Waals surface area (Å²) in [6.07, 6.45) is 2.24. The summed E-state index contributed by atoms with van der Waals surface area (Å²) in [5.41, 5.74) is 0. The van der Waals surface area contributed by atoms with Gasteiger partial charge in [-0.05, 0) is 31.7 Å². The van der Waals surface area contributed by atoms with Gasteiger partial charge in [0.2, 0.25) is 0 Å². The van der Waals surface area contributed by atoms with Crippen LogP contribution in [0.25, 0.3) is 0 Å². The van der Waals surface area contributed by atoms with Crippen molar-refractivity contribution in [2.75, 3.05) is 6.54 Å². The molecule has 1 nitrogen and oxygen atoms in total. The van der Waals surface area contributed by atoms with E-state index in [4.69, 9.17) is 0 Å². The zero-order chi connectivity index (χ0) is 8.27. The zero-order valence-electron chi connectivity index (χ0n) is 7.44. The van der Waals surface area contributed by atoms with Gasteiger partial charge in [0.05, 0.1) is 0 Å². The predicted octanol–water partition coefficient (Wildman–Crippen LogP) is 2.12. The Balaban J connectivity index is 2.15. The lowest BCUT2D eigenvalue weighted by Crippen LogP contribution is -2.35. The molecule has 0 amide bonds. The summed E-state index contributed by atoms with van der Waals surface area (Å²) in [6, 6.07) is 0.150. The SMILES string of the molecule is CC(C)CN[C@@H]1CCC[C@H]1F. The molecule has 0 unspecified atom stereocenters. The highest BCUT2D eigenvalue weighted by atomic mass is 19.1. The van der Waals surface area contributed by atoms with Crippen molar-refractivity contribution in [1.82, 2.24) is 5.32 Å². The Morgan fingerprint density at radius 3 is 2.64 bits per heavy atom. The molecule has 2 atom stereocenters. The normalized spacial score (nSPS) is 31.6. The van der Waals surface area contributed by atoms with Crippen LogP contribution in [0.2, 0.25) is 0 Å². The first kappa shape index (κ1) is 8.98. The molecule has 0 aromatic heterocycles. The van der Waals surface area contributed by atoms with Crippen LogP contribution in [0, 0.1) is 5.92 Å². The maximum absolute atomic E-state index is 13.0. The number of rotatable bonds is 3. The van der Waals surface area contributed by atoms with Gasteiger partial charge < -0.3 is 5.32 Å². The molecule has 0 aromatic rings. The molecule has 0 aromatic carbocycles. The van der Waals surface area contributed by atoms with Crippen LogP contribution in [0.4, 0.5) is 4.39 Å². The van der Waals surface area contributed by atoms with Crippen molar-refractivity contribution < 1.29 is 4.39 Å². The fourth-order valence-corrected chi connectivity index (χ4v) is 1.53. The minimum absolute atomic E-state index is 0.150. The van der Waals surface area contributed by atoms with E-state index in [-0.39, 0.29) is 6.04 Å². The van der Waals surface area contributed by atoms with Crippen LogP contribution < -0.4 is 5.32 Å². The minimum Gasteiger partial charge on any atom is -0.311 e. The average Bonchev–Trinajstić information content (AvgIpc) is 2.31. The van der Waals surface area contributed by atoms with Crippen molar-refractivity contribution in [2.45, 2.75) is 45.3 Å². The van der Waals surface area contributed by atoms with Gasteiger partial charge >= 0.3 is 0 Å². The van der Waals surface area contributed by atoms with E-state index in [1.54, 1.807) is 0 Å². The third-order valence-electron chi connectivity index (χ3n) is 2.22. The first-order chi connectivity index (χ1) is 5.20. The van der Waals surface area contributed by atoms with Crippen molar-refractivity contribution in [2.24, 2.45) is 5.92 Å². The molecule has 2 heteroatoms. The molecule has 1 rings (SSSR count). The first-order valence-corrected chi connectivity index (χ1v) is 4.57. The second kappa shape index (κ2) is 4.05. The van der Waals surface area contributed by atoms with Gasteiger partial charge in [-0.1, -0.05) is 13.8 Å². The first-order valence-electron chi connectivity index (χ1n) is 4.57. The van der Waals surface area contributed by atoms with Gasteiger partial charge in [-0.25, -0.2) is 4.39 Å². The molecule has 0 aliphatic heterocycles. The van der Waals surface area contributed by atoms with Crippen LogP contribution >= 0.6 is 0 Å². The molecular weight excluding hydrogens is 141 g/mol. The van der Waals surface area contributed by atoms with Crippen LogP contribution in [0.15, 0.2) is 0 Å². The minimum atomic E-state index is -0.589. The third-order valence-corrected chi connectivity index (χ3v) is 2.22. The number of nitrogens with one attached hydrogen (secondary N) is 1. The Hall–Kier alpha value is -0.110. The second-order valence-electron chi connectivity index (χ2n) is 3.86. The smallest absolute Gasteiger partial charge is 0.115 e. The van der Waals surface area contributed by atoms with E-state index in [0.29, 0.717) is 5.92 Å². The molecule has 0 bridgehead atoms. The highest BCUT2D eigenvalue weighted by Crippen LogP contribution is 2.21. The maximum Gasteiger partial charge on any atom is 0.115 e. The van der Waals surface area contributed by atoms with Crippen LogP contribution in [-0.4, -0.2) is 18.8 Å². The molecule has 1 fully saturated rings. The quantitative estimate of drug-likeness (QED) is 0.665. The molecule has 0 radical (unpaired) electrons. The molecule has 1 aliphatic rings. The zero-order valence-corrected chi connectivity index (χ0v) is 7.44. The fraction of sp³-hybridized carbons (Fsp3) is 1.00. The standard InChI is InChI=1S/C9H18FN/c1-7(2)6-11-9-5-3-4-8(9)10/h7-9,11H,3-6H2,1-2H3/t8-,9-/m1/s1. The van der Waals surface area contributed by atoms with Gasteiger partial charge in [0.15, 0.2) is 0 Å².